The number of likely N-dealkylation sites (tertiary alicyclic amines) is 1. The number of piperidine rings is 1. The number of primary amides is 1. The van der Waals surface area contributed by atoms with Crippen LogP contribution in [-0.4, -0.2) is 72.7 Å². The number of amides is 3. The van der Waals surface area contributed by atoms with Gasteiger partial charge in [0.2, 0.25) is 11.8 Å². The minimum atomic E-state index is -1.09. The van der Waals surface area contributed by atoms with Crippen molar-refractivity contribution in [3.63, 3.8) is 0 Å². The van der Waals surface area contributed by atoms with Crippen LogP contribution in [0.3, 0.4) is 0 Å². The molecule has 3 aliphatic heterocycles. The minimum absolute atomic E-state index is 0.00257. The van der Waals surface area contributed by atoms with E-state index in [0.29, 0.717) is 17.4 Å². The molecule has 4 fully saturated rings. The zero-order valence-electron chi connectivity index (χ0n) is 21.8. The lowest BCUT2D eigenvalue weighted by molar-refractivity contribution is -0.132. The summed E-state index contributed by atoms with van der Waals surface area (Å²) in [4.78, 5) is 42.3. The first-order chi connectivity index (χ1) is 17.5. The third-order valence-corrected chi connectivity index (χ3v) is 8.33. The number of fused-ring (bicyclic) bond motifs is 3. The molecule has 0 spiro atoms. The molecule has 1 saturated carbocycles. The summed E-state index contributed by atoms with van der Waals surface area (Å²) in [6, 6.07) is 3.16. The normalized spacial score (nSPS) is 29.4. The molecule has 202 valence electrons. The number of ether oxygens (including phenoxy) is 1. The van der Waals surface area contributed by atoms with Crippen molar-refractivity contribution in [1.29, 1.82) is 0 Å². The van der Waals surface area contributed by atoms with Crippen LogP contribution in [0.1, 0.15) is 45.6 Å². The van der Waals surface area contributed by atoms with E-state index in [1.807, 2.05) is 6.07 Å². The van der Waals surface area contributed by atoms with Gasteiger partial charge in [-0.15, -0.1) is 0 Å². The fraction of sp³-hybridized carbons (Fsp3) is 0.667. The van der Waals surface area contributed by atoms with E-state index in [1.165, 1.54) is 11.0 Å². The van der Waals surface area contributed by atoms with Crippen LogP contribution in [0.4, 0.5) is 14.9 Å². The zero-order valence-corrected chi connectivity index (χ0v) is 21.8. The van der Waals surface area contributed by atoms with E-state index in [9.17, 15) is 14.4 Å². The number of benzene rings is 1. The molecule has 1 aliphatic carbocycles. The molecular formula is C27H38FN5O4. The van der Waals surface area contributed by atoms with Crippen molar-refractivity contribution < 1.29 is 23.5 Å². The SMILES string of the molecule is CC(C)(C)OC(=O)N1[C@@H]2CC[C@@H](C2)[C@H]1C(=O)N[C@@H](Cc1ccc(N2CC3CNCC3C2)cc1F)C(N)=O. The molecule has 0 radical (unpaired) electrons. The van der Waals surface area contributed by atoms with Crippen LogP contribution in [0, 0.1) is 23.6 Å². The summed E-state index contributed by atoms with van der Waals surface area (Å²) < 4.78 is 20.7. The molecular weight excluding hydrogens is 477 g/mol. The number of nitrogens with two attached hydrogens (primary N) is 1. The lowest BCUT2D eigenvalue weighted by Crippen LogP contribution is -2.57. The lowest BCUT2D eigenvalue weighted by atomic mass is 9.97. The van der Waals surface area contributed by atoms with Gasteiger partial charge in [0.1, 0.15) is 23.5 Å². The maximum absolute atomic E-state index is 15.1. The Morgan fingerprint density at radius 3 is 2.49 bits per heavy atom. The number of halogens is 1. The van der Waals surface area contributed by atoms with Gasteiger partial charge in [0.05, 0.1) is 0 Å². The van der Waals surface area contributed by atoms with Gasteiger partial charge in [0.15, 0.2) is 0 Å². The Morgan fingerprint density at radius 2 is 1.86 bits per heavy atom. The molecule has 9 nitrogen and oxygen atoms in total. The molecule has 6 atom stereocenters. The maximum atomic E-state index is 15.1. The van der Waals surface area contributed by atoms with Gasteiger partial charge in [0.25, 0.3) is 0 Å². The molecule has 1 aromatic carbocycles. The number of rotatable bonds is 6. The minimum Gasteiger partial charge on any atom is -0.444 e. The Hall–Kier alpha value is -2.88. The second kappa shape index (κ2) is 9.78. The van der Waals surface area contributed by atoms with Crippen molar-refractivity contribution in [3.8, 4) is 0 Å². The number of hydrogen-bond donors (Lipinski definition) is 3. The maximum Gasteiger partial charge on any atom is 0.411 e. The van der Waals surface area contributed by atoms with E-state index in [0.717, 1.165) is 51.1 Å². The van der Waals surface area contributed by atoms with Crippen molar-refractivity contribution >= 4 is 23.6 Å². The predicted molar refractivity (Wildman–Crippen MR) is 136 cm³/mol. The fourth-order valence-corrected chi connectivity index (χ4v) is 6.57. The first-order valence-electron chi connectivity index (χ1n) is 13.3. The summed E-state index contributed by atoms with van der Waals surface area (Å²) >= 11 is 0. The number of carbonyl (C=O) groups excluding carboxylic acids is 3. The zero-order chi connectivity index (χ0) is 26.5. The monoisotopic (exact) mass is 515 g/mol. The predicted octanol–water partition coefficient (Wildman–Crippen LogP) is 1.78. The van der Waals surface area contributed by atoms with Gasteiger partial charge in [-0.25, -0.2) is 9.18 Å². The Balaban J connectivity index is 1.26. The summed E-state index contributed by atoms with van der Waals surface area (Å²) in [5, 5.41) is 6.12. The molecule has 3 saturated heterocycles. The van der Waals surface area contributed by atoms with E-state index >= 15 is 4.39 Å². The van der Waals surface area contributed by atoms with Gasteiger partial charge in [0, 0.05) is 44.3 Å². The fourth-order valence-electron chi connectivity index (χ4n) is 6.57. The number of nitrogens with zero attached hydrogens (tertiary/aromatic N) is 2. The second-order valence-electron chi connectivity index (χ2n) is 12.1. The molecule has 2 unspecified atom stereocenters. The van der Waals surface area contributed by atoms with E-state index in [2.05, 4.69) is 15.5 Å². The van der Waals surface area contributed by atoms with Crippen molar-refractivity contribution in [3.05, 3.63) is 29.6 Å². The van der Waals surface area contributed by atoms with E-state index in [-0.39, 0.29) is 18.4 Å². The number of nitrogens with one attached hydrogen (secondary N) is 2. The van der Waals surface area contributed by atoms with Crippen LogP contribution in [0.5, 0.6) is 0 Å². The first-order valence-corrected chi connectivity index (χ1v) is 13.3. The highest BCUT2D eigenvalue weighted by Crippen LogP contribution is 2.43. The summed E-state index contributed by atoms with van der Waals surface area (Å²) in [5.74, 6) is -0.452. The van der Waals surface area contributed by atoms with E-state index < -0.39 is 41.4 Å². The number of anilines is 1. The van der Waals surface area contributed by atoms with Crippen molar-refractivity contribution in [1.82, 2.24) is 15.5 Å². The molecule has 37 heavy (non-hydrogen) atoms. The highest BCUT2D eigenvalue weighted by atomic mass is 19.1. The van der Waals surface area contributed by atoms with Gasteiger partial charge in [-0.05, 0) is 75.5 Å². The lowest BCUT2D eigenvalue weighted by Gasteiger charge is -2.36. The van der Waals surface area contributed by atoms with Crippen molar-refractivity contribution in [2.45, 2.75) is 70.2 Å². The average Bonchev–Trinajstić information content (AvgIpc) is 3.58. The van der Waals surface area contributed by atoms with Gasteiger partial charge in [-0.3, -0.25) is 14.5 Å². The highest BCUT2D eigenvalue weighted by Gasteiger charge is 2.52. The number of carbonyl (C=O) groups is 3. The van der Waals surface area contributed by atoms with Crippen LogP contribution in [0.25, 0.3) is 0 Å². The van der Waals surface area contributed by atoms with Crippen LogP contribution in [0.15, 0.2) is 18.2 Å². The standard InChI is InChI=1S/C27H38FN5O4/c1-27(2,3)37-26(36)33-20-7-5-16(8-20)23(33)25(35)31-22(24(29)34)9-15-4-6-19(10-21(15)28)32-13-17-11-30-12-18(17)14-32/h4,6,10,16-18,20,22-23,30H,5,7-9,11-14H2,1-3H3,(H2,29,34)(H,31,35)/t16-,17?,18?,20+,22-,23-/m0/s1. The second-order valence-corrected chi connectivity index (χ2v) is 12.1. The average molecular weight is 516 g/mol. The van der Waals surface area contributed by atoms with Gasteiger partial charge >= 0.3 is 6.09 Å². The number of hydrogen-bond acceptors (Lipinski definition) is 6. The third-order valence-electron chi connectivity index (χ3n) is 8.33. The molecule has 4 aliphatic rings. The van der Waals surface area contributed by atoms with Crippen LogP contribution in [0.2, 0.25) is 0 Å². The summed E-state index contributed by atoms with van der Waals surface area (Å²) in [5.41, 5.74) is 6.07. The molecule has 10 heteroatoms. The quantitative estimate of drug-likeness (QED) is 0.532. The Morgan fingerprint density at radius 1 is 1.16 bits per heavy atom. The third kappa shape index (κ3) is 5.26. The largest absolute Gasteiger partial charge is 0.444 e. The molecule has 3 heterocycles. The Bertz CT molecular complexity index is 1060. The molecule has 1 aromatic rings. The van der Waals surface area contributed by atoms with Gasteiger partial charge in [-0.1, -0.05) is 6.07 Å². The molecule has 4 N–H and O–H groups in total. The van der Waals surface area contributed by atoms with E-state index in [4.69, 9.17) is 10.5 Å². The topological polar surface area (TPSA) is 117 Å². The molecule has 3 amide bonds. The summed E-state index contributed by atoms with van der Waals surface area (Å²) in [7, 11) is 0. The molecule has 5 rings (SSSR count). The smallest absolute Gasteiger partial charge is 0.411 e. The Labute approximate surface area is 217 Å². The van der Waals surface area contributed by atoms with E-state index in [1.54, 1.807) is 26.8 Å². The summed E-state index contributed by atoms with van der Waals surface area (Å²) in [6.07, 6.45) is 1.78. The first kappa shape index (κ1) is 25.8. The Kier molecular flexibility index (Phi) is 6.81. The summed E-state index contributed by atoms with van der Waals surface area (Å²) in [6.45, 7) is 9.13. The van der Waals surface area contributed by atoms with Crippen LogP contribution < -0.4 is 21.3 Å². The van der Waals surface area contributed by atoms with Crippen LogP contribution in [-0.2, 0) is 20.7 Å². The molecule has 2 bridgehead atoms. The molecule has 0 aromatic heterocycles. The highest BCUT2D eigenvalue weighted by molar-refractivity contribution is 5.91. The van der Waals surface area contributed by atoms with Gasteiger partial charge in [-0.2, -0.15) is 0 Å². The van der Waals surface area contributed by atoms with Gasteiger partial charge < -0.3 is 26.0 Å². The van der Waals surface area contributed by atoms with Crippen molar-refractivity contribution in [2.75, 3.05) is 31.1 Å². The van der Waals surface area contributed by atoms with Crippen molar-refractivity contribution in [2.24, 2.45) is 23.5 Å². The van der Waals surface area contributed by atoms with Crippen LogP contribution >= 0.6 is 0 Å².